The van der Waals surface area contributed by atoms with E-state index in [1.165, 1.54) is 0 Å². The molecule has 0 spiro atoms. The molecule has 5 N–H and O–H groups in total. The molecule has 1 aliphatic heterocycles. The van der Waals surface area contributed by atoms with Gasteiger partial charge in [0.1, 0.15) is 12.4 Å². The second-order valence-corrected chi connectivity index (χ2v) is 12.2. The number of nitrogens with two attached hydrogens (primary N) is 1. The molecule has 2 heterocycles. The number of carboxylic acids is 1. The molecule has 0 bridgehead atoms. The number of hydroxylamine groups is 1. The van der Waals surface area contributed by atoms with Crippen molar-refractivity contribution < 1.29 is 34.0 Å². The number of carbonyl (C=O) groups excluding carboxylic acids is 2. The van der Waals surface area contributed by atoms with Gasteiger partial charge in [-0.25, -0.2) is 14.9 Å². The van der Waals surface area contributed by atoms with Crippen molar-refractivity contribution in [1.29, 1.82) is 0 Å². The fourth-order valence-electron chi connectivity index (χ4n) is 6.22. The molecular weight excluding hydrogens is 524 g/mol. The number of hydrogen-bond acceptors (Lipinski definition) is 7. The maximum Gasteiger partial charge on any atom is 0.365 e. The highest BCUT2D eigenvalue weighted by Crippen LogP contribution is 2.42. The van der Waals surface area contributed by atoms with Crippen LogP contribution in [0.15, 0.2) is 54.6 Å². The van der Waals surface area contributed by atoms with E-state index in [4.69, 9.17) is 10.6 Å². The highest BCUT2D eigenvalue weighted by atomic mass is 16.5. The van der Waals surface area contributed by atoms with Crippen LogP contribution in [0.2, 0.25) is 0 Å². The molecule has 41 heavy (non-hydrogen) atoms. The second kappa shape index (κ2) is 11.6. The van der Waals surface area contributed by atoms with E-state index in [0.29, 0.717) is 17.9 Å². The van der Waals surface area contributed by atoms with Crippen LogP contribution in [0.3, 0.4) is 0 Å². The number of quaternary nitrogens is 1. The van der Waals surface area contributed by atoms with Crippen LogP contribution in [-0.4, -0.2) is 56.7 Å². The lowest BCUT2D eigenvalue weighted by molar-refractivity contribution is -0.966. The minimum Gasteiger partial charge on any atom is -0.489 e. The normalized spacial score (nSPS) is 21.7. The summed E-state index contributed by atoms with van der Waals surface area (Å²) >= 11 is 0. The Morgan fingerprint density at radius 2 is 1.73 bits per heavy atom. The Morgan fingerprint density at radius 1 is 1.10 bits per heavy atom. The number of amides is 1. The highest BCUT2D eigenvalue weighted by Gasteiger charge is 2.54. The van der Waals surface area contributed by atoms with E-state index in [-0.39, 0.29) is 42.7 Å². The summed E-state index contributed by atoms with van der Waals surface area (Å²) in [6.45, 7) is 8.13. The zero-order valence-corrected chi connectivity index (χ0v) is 24.0. The van der Waals surface area contributed by atoms with Crippen LogP contribution >= 0.6 is 0 Å². The number of carbonyl (C=O) groups is 3. The van der Waals surface area contributed by atoms with Gasteiger partial charge in [-0.3, -0.25) is 19.8 Å². The lowest BCUT2D eigenvalue weighted by atomic mass is 9.69. The molecule has 1 fully saturated rings. The number of aryl methyl sites for hydroxylation is 1. The molecule has 1 atom stereocenters. The maximum atomic E-state index is 13.9. The van der Waals surface area contributed by atoms with Crippen LogP contribution in [0.4, 0.5) is 0 Å². The molecule has 10 nitrogen and oxygen atoms in total. The van der Waals surface area contributed by atoms with Crippen molar-refractivity contribution >= 4 is 28.6 Å². The lowest BCUT2D eigenvalue weighted by Gasteiger charge is -2.49. The molecule has 0 aliphatic carbocycles. The molecule has 218 valence electrons. The van der Waals surface area contributed by atoms with Crippen LogP contribution in [-0.2, 0) is 16.2 Å². The number of aromatic nitrogens is 1. The summed E-state index contributed by atoms with van der Waals surface area (Å²) in [5, 5.41) is 20.2. The van der Waals surface area contributed by atoms with Crippen LogP contribution in [0.5, 0.6) is 5.75 Å². The van der Waals surface area contributed by atoms with Gasteiger partial charge in [0.2, 0.25) is 11.9 Å². The summed E-state index contributed by atoms with van der Waals surface area (Å²) in [6.07, 6.45) is 0.160. The Morgan fingerprint density at radius 3 is 2.32 bits per heavy atom. The predicted molar refractivity (Wildman–Crippen MR) is 153 cm³/mol. The average Bonchev–Trinajstić information content (AvgIpc) is 2.92. The average molecular weight is 564 g/mol. The number of benzene rings is 2. The number of carboxylic acid groups (broad SMARTS) is 1. The summed E-state index contributed by atoms with van der Waals surface area (Å²) in [4.78, 5) is 42.9. The smallest absolute Gasteiger partial charge is 0.365 e. The molecule has 1 unspecified atom stereocenters. The molecule has 1 amide bonds. The van der Waals surface area contributed by atoms with Gasteiger partial charge in [-0.15, -0.1) is 0 Å². The number of ether oxygens (including phenoxy) is 1. The number of likely N-dealkylation sites (tertiary alicyclic amines) is 1. The number of nitrogens with one attached hydrogen (secondary N) is 1. The summed E-state index contributed by atoms with van der Waals surface area (Å²) < 4.78 is 5.81. The van der Waals surface area contributed by atoms with Crippen LogP contribution < -0.4 is 16.1 Å². The number of Topliss-reactive ketones (excluding diaryl/α,β-unsaturated/α-hetero) is 1. The van der Waals surface area contributed by atoms with Gasteiger partial charge in [0.25, 0.3) is 0 Å². The molecule has 1 saturated heterocycles. The van der Waals surface area contributed by atoms with Crippen molar-refractivity contribution in [2.45, 2.75) is 59.6 Å². The monoisotopic (exact) mass is 563 g/mol. The molecule has 1 aliphatic rings. The van der Waals surface area contributed by atoms with E-state index < -0.39 is 28.7 Å². The van der Waals surface area contributed by atoms with E-state index in [0.717, 1.165) is 22.2 Å². The predicted octanol–water partition coefficient (Wildman–Crippen LogP) is 4.17. The van der Waals surface area contributed by atoms with Crippen molar-refractivity contribution in [3.8, 4) is 5.75 Å². The van der Waals surface area contributed by atoms with Crippen molar-refractivity contribution in [3.05, 3.63) is 71.4 Å². The third-order valence-corrected chi connectivity index (χ3v) is 8.13. The number of aliphatic carboxylic acids is 1. The topological polar surface area (TPSA) is 152 Å². The molecule has 4 rings (SSSR count). The summed E-state index contributed by atoms with van der Waals surface area (Å²) in [5.74, 6) is 5.28. The largest absolute Gasteiger partial charge is 0.489 e. The molecule has 0 radical (unpaired) electrons. The zero-order chi connectivity index (χ0) is 30.0. The third kappa shape index (κ3) is 6.40. The van der Waals surface area contributed by atoms with Crippen molar-refractivity contribution in [3.63, 3.8) is 0 Å². The van der Waals surface area contributed by atoms with Crippen molar-refractivity contribution in [1.82, 2.24) is 10.5 Å². The van der Waals surface area contributed by atoms with E-state index >= 15 is 0 Å². The molecular formula is C31H39N4O6+. The highest BCUT2D eigenvalue weighted by molar-refractivity contribution is 6.02. The van der Waals surface area contributed by atoms with Gasteiger partial charge in [-0.05, 0) is 43.3 Å². The Balaban J connectivity index is 1.53. The number of piperidine rings is 1. The number of pyridine rings is 1. The third-order valence-electron chi connectivity index (χ3n) is 8.13. The molecule has 3 aromatic rings. The number of ketones is 1. The van der Waals surface area contributed by atoms with Crippen LogP contribution in [0.1, 0.15) is 61.6 Å². The molecule has 10 heteroatoms. The Hall–Kier alpha value is -3.86. The maximum absolute atomic E-state index is 13.9. The number of fused-ring (bicyclic) bond motifs is 1. The SMILES string of the molecule is Cc1cc(COc2ccc(C(=O)C3(CC(=O)NO)CC[N+](N)(C(C(=O)O)C(C)(C)C)CC3)cc2)c2ccccc2n1. The van der Waals surface area contributed by atoms with Gasteiger partial charge in [-0.2, -0.15) is 5.84 Å². The number of hydrogen-bond donors (Lipinski definition) is 4. The fourth-order valence-corrected chi connectivity index (χ4v) is 6.22. The first-order valence-corrected chi connectivity index (χ1v) is 13.7. The van der Waals surface area contributed by atoms with E-state index in [1.807, 2.05) is 58.0 Å². The second-order valence-electron chi connectivity index (χ2n) is 12.2. The number of rotatable bonds is 9. The van der Waals surface area contributed by atoms with Gasteiger partial charge in [-0.1, -0.05) is 39.0 Å². The summed E-state index contributed by atoms with van der Waals surface area (Å²) in [7, 11) is 0. The van der Waals surface area contributed by atoms with E-state index in [2.05, 4.69) is 4.98 Å². The van der Waals surface area contributed by atoms with Crippen LogP contribution in [0, 0.1) is 17.8 Å². The summed E-state index contributed by atoms with van der Waals surface area (Å²) in [5.41, 5.74) is 3.08. The van der Waals surface area contributed by atoms with Crippen molar-refractivity contribution in [2.75, 3.05) is 13.1 Å². The van der Waals surface area contributed by atoms with Gasteiger partial charge in [0, 0.05) is 46.9 Å². The van der Waals surface area contributed by atoms with Crippen LogP contribution in [0.25, 0.3) is 10.9 Å². The fraction of sp³-hybridized carbons (Fsp3) is 0.419. The minimum absolute atomic E-state index is 0.194. The lowest BCUT2D eigenvalue weighted by Crippen LogP contribution is -2.71. The van der Waals surface area contributed by atoms with Gasteiger partial charge >= 0.3 is 5.97 Å². The van der Waals surface area contributed by atoms with Crippen molar-refractivity contribution in [2.24, 2.45) is 16.7 Å². The Bertz CT molecular complexity index is 1440. The first-order valence-electron chi connectivity index (χ1n) is 13.7. The molecule has 2 aromatic carbocycles. The Labute approximate surface area is 239 Å². The first kappa shape index (κ1) is 30.1. The number of para-hydroxylation sites is 1. The minimum atomic E-state index is -1.13. The first-order chi connectivity index (χ1) is 19.3. The standard InChI is InChI=1S/C31H38N4O6/c1-20-17-22(24-7-5-6-8-25(24)33-20)19-41-23-11-9-21(10-12-23)28(37)31(18-26(36)34-40)13-15-35(32,16-14-31)27(29(38)39)30(2,3)4/h5-12,17,27H,13-16,18-19,32H2,1-4H3,(H2-,34,36,38,39,40)/p+1. The zero-order valence-electron chi connectivity index (χ0n) is 24.0. The molecule has 1 aromatic heterocycles. The molecule has 0 saturated carbocycles. The van der Waals surface area contributed by atoms with Gasteiger partial charge < -0.3 is 9.84 Å². The van der Waals surface area contributed by atoms with Gasteiger partial charge in [0.05, 0.1) is 24.0 Å². The summed E-state index contributed by atoms with van der Waals surface area (Å²) in [6, 6.07) is 15.7. The Kier molecular flexibility index (Phi) is 8.49. The quantitative estimate of drug-likeness (QED) is 0.0995. The van der Waals surface area contributed by atoms with Gasteiger partial charge in [0.15, 0.2) is 5.78 Å². The number of nitrogens with zero attached hydrogens (tertiary/aromatic N) is 2. The van der Waals surface area contributed by atoms with E-state index in [9.17, 15) is 24.7 Å². The van der Waals surface area contributed by atoms with E-state index in [1.54, 1.807) is 29.7 Å².